The molecule has 3 aromatic heterocycles. The normalized spacial score (nSPS) is 12.7. The lowest BCUT2D eigenvalue weighted by atomic mass is 9.95. The van der Waals surface area contributed by atoms with Gasteiger partial charge in [-0.2, -0.15) is 0 Å². The highest BCUT2D eigenvalue weighted by Gasteiger charge is 2.13. The van der Waals surface area contributed by atoms with Crippen LogP contribution in [0.3, 0.4) is 0 Å². The Morgan fingerprint density at radius 3 is 3.08 bits per heavy atom. The predicted octanol–water partition coefficient (Wildman–Crippen LogP) is 3.65. The molecule has 3 heterocycles. The summed E-state index contributed by atoms with van der Waals surface area (Å²) in [5, 5.41) is 9.60. The molecule has 0 saturated carbocycles. The zero-order valence-corrected chi connectivity index (χ0v) is 13.4. The Morgan fingerprint density at radius 1 is 1.50 bits per heavy atom. The number of fused-ring (bicyclic) bond motifs is 1. The molecule has 0 spiro atoms. The molecule has 24 heavy (non-hydrogen) atoms. The fraction of sp³-hybridized carbons (Fsp3) is 0.158. The molecule has 0 fully saturated rings. The van der Waals surface area contributed by atoms with Crippen LogP contribution >= 0.6 is 0 Å². The first-order valence-electron chi connectivity index (χ1n) is 7.73. The van der Waals surface area contributed by atoms with Crippen LogP contribution in [0.25, 0.3) is 16.7 Å². The van der Waals surface area contributed by atoms with E-state index in [-0.39, 0.29) is 11.7 Å². The SMILES string of the molecule is C=C(CC(/C=C\C)c1cnc2cc[nH]c2c1)n1ccc(=O)c(O)c1. The molecule has 1 atom stereocenters. The number of aromatic nitrogens is 3. The van der Waals surface area contributed by atoms with Crippen LogP contribution in [0.2, 0.25) is 0 Å². The van der Waals surface area contributed by atoms with E-state index in [0.717, 1.165) is 22.3 Å². The van der Waals surface area contributed by atoms with Gasteiger partial charge in [0.15, 0.2) is 5.75 Å². The first-order chi connectivity index (χ1) is 11.6. The van der Waals surface area contributed by atoms with Crippen molar-refractivity contribution >= 4 is 16.7 Å². The molecular weight excluding hydrogens is 302 g/mol. The molecule has 0 saturated heterocycles. The van der Waals surface area contributed by atoms with Crippen molar-refractivity contribution in [2.45, 2.75) is 19.3 Å². The molecule has 0 amide bonds. The number of pyridine rings is 2. The highest BCUT2D eigenvalue weighted by molar-refractivity contribution is 5.75. The van der Waals surface area contributed by atoms with Crippen molar-refractivity contribution in [3.63, 3.8) is 0 Å². The maximum atomic E-state index is 11.3. The zero-order valence-electron chi connectivity index (χ0n) is 13.4. The molecule has 0 aliphatic rings. The number of nitrogens with zero attached hydrogens (tertiary/aromatic N) is 2. The topological polar surface area (TPSA) is 70.9 Å². The smallest absolute Gasteiger partial charge is 0.223 e. The van der Waals surface area contributed by atoms with Crippen LogP contribution in [0.4, 0.5) is 0 Å². The van der Waals surface area contributed by atoms with Gasteiger partial charge >= 0.3 is 0 Å². The maximum absolute atomic E-state index is 11.3. The van der Waals surface area contributed by atoms with Gasteiger partial charge in [-0.25, -0.2) is 0 Å². The highest BCUT2D eigenvalue weighted by Crippen LogP contribution is 2.28. The number of rotatable bonds is 5. The molecule has 3 rings (SSSR count). The van der Waals surface area contributed by atoms with E-state index in [9.17, 15) is 9.90 Å². The van der Waals surface area contributed by atoms with E-state index in [1.807, 2.05) is 31.5 Å². The molecule has 2 N–H and O–H groups in total. The van der Waals surface area contributed by atoms with Crippen molar-refractivity contribution in [2.24, 2.45) is 0 Å². The number of hydrogen-bond acceptors (Lipinski definition) is 3. The predicted molar refractivity (Wildman–Crippen MR) is 96.0 cm³/mol. The van der Waals surface area contributed by atoms with Gasteiger partial charge in [0.05, 0.1) is 17.2 Å². The van der Waals surface area contributed by atoms with Crippen LogP contribution in [0.5, 0.6) is 5.75 Å². The monoisotopic (exact) mass is 321 g/mol. The van der Waals surface area contributed by atoms with Gasteiger partial charge in [0, 0.05) is 36.3 Å². The lowest BCUT2D eigenvalue weighted by Crippen LogP contribution is -2.06. The van der Waals surface area contributed by atoms with Gasteiger partial charge in [-0.1, -0.05) is 18.7 Å². The van der Waals surface area contributed by atoms with Gasteiger partial charge in [0.25, 0.3) is 0 Å². The molecule has 1 unspecified atom stereocenters. The van der Waals surface area contributed by atoms with E-state index in [0.29, 0.717) is 6.42 Å². The fourth-order valence-electron chi connectivity index (χ4n) is 2.71. The Labute approximate surface area is 139 Å². The first kappa shape index (κ1) is 15.8. The summed E-state index contributed by atoms with van der Waals surface area (Å²) < 4.78 is 1.67. The van der Waals surface area contributed by atoms with E-state index in [4.69, 9.17) is 0 Å². The average molecular weight is 321 g/mol. The van der Waals surface area contributed by atoms with Crippen molar-refractivity contribution < 1.29 is 5.11 Å². The lowest BCUT2D eigenvalue weighted by Gasteiger charge is -2.17. The van der Waals surface area contributed by atoms with E-state index in [2.05, 4.69) is 28.7 Å². The molecule has 5 heteroatoms. The van der Waals surface area contributed by atoms with Crippen LogP contribution in [0.15, 0.2) is 66.5 Å². The third kappa shape index (κ3) is 3.15. The minimum atomic E-state index is -0.398. The third-order valence-corrected chi connectivity index (χ3v) is 3.99. The van der Waals surface area contributed by atoms with E-state index in [1.54, 1.807) is 10.8 Å². The zero-order chi connectivity index (χ0) is 17.1. The minimum absolute atomic E-state index is 0.101. The van der Waals surface area contributed by atoms with Gasteiger partial charge in [0.1, 0.15) is 0 Å². The molecule has 5 nitrogen and oxygen atoms in total. The second-order valence-electron chi connectivity index (χ2n) is 5.68. The second kappa shape index (κ2) is 6.58. The summed E-state index contributed by atoms with van der Waals surface area (Å²) in [5.74, 6) is -0.181. The fourth-order valence-corrected chi connectivity index (χ4v) is 2.71. The second-order valence-corrected chi connectivity index (χ2v) is 5.68. The summed E-state index contributed by atoms with van der Waals surface area (Å²) in [5.41, 5.74) is 3.38. The standard InChI is InChI=1S/C19H19N3O2/c1-3-4-14(15-10-17-16(21-11-15)5-7-20-17)9-13(2)22-8-6-18(23)19(24)12-22/h3-8,10-12,14,20,24H,2,9H2,1H3/b4-3-. The van der Waals surface area contributed by atoms with E-state index in [1.165, 1.54) is 12.3 Å². The third-order valence-electron chi connectivity index (χ3n) is 3.99. The van der Waals surface area contributed by atoms with Crippen LogP contribution in [0, 0.1) is 0 Å². The number of nitrogens with one attached hydrogen (secondary N) is 1. The quantitative estimate of drug-likeness (QED) is 0.705. The number of H-pyrrole nitrogens is 1. The number of aromatic amines is 1. The Balaban J connectivity index is 1.89. The summed E-state index contributed by atoms with van der Waals surface area (Å²) in [7, 11) is 0. The number of allylic oxidation sites excluding steroid dienone is 3. The first-order valence-corrected chi connectivity index (χ1v) is 7.73. The van der Waals surface area contributed by atoms with Gasteiger partial charge in [-0.05, 0) is 31.0 Å². The molecule has 0 aromatic carbocycles. The summed E-state index contributed by atoms with van der Waals surface area (Å²) in [6, 6.07) is 5.35. The van der Waals surface area contributed by atoms with Crippen molar-refractivity contribution in [1.29, 1.82) is 0 Å². The van der Waals surface area contributed by atoms with Crippen molar-refractivity contribution in [2.75, 3.05) is 0 Å². The molecule has 3 aromatic rings. The van der Waals surface area contributed by atoms with Crippen molar-refractivity contribution in [1.82, 2.24) is 14.5 Å². The number of hydrogen-bond donors (Lipinski definition) is 2. The van der Waals surface area contributed by atoms with Gasteiger partial charge in [-0.3, -0.25) is 9.78 Å². The highest BCUT2D eigenvalue weighted by atomic mass is 16.3. The lowest BCUT2D eigenvalue weighted by molar-refractivity contribution is 0.465. The molecule has 0 aliphatic carbocycles. The number of aromatic hydroxyl groups is 1. The summed E-state index contributed by atoms with van der Waals surface area (Å²) >= 11 is 0. The van der Waals surface area contributed by atoms with Crippen LogP contribution in [-0.2, 0) is 0 Å². The van der Waals surface area contributed by atoms with E-state index >= 15 is 0 Å². The average Bonchev–Trinajstić information content (AvgIpc) is 3.04. The molecule has 122 valence electrons. The van der Waals surface area contributed by atoms with Crippen LogP contribution in [0.1, 0.15) is 24.8 Å². The van der Waals surface area contributed by atoms with Gasteiger partial charge in [0.2, 0.25) is 5.43 Å². The minimum Gasteiger partial charge on any atom is -0.503 e. The van der Waals surface area contributed by atoms with Crippen molar-refractivity contribution in [3.05, 3.63) is 77.5 Å². The Kier molecular flexibility index (Phi) is 4.33. The van der Waals surface area contributed by atoms with Crippen LogP contribution in [-0.4, -0.2) is 19.6 Å². The Morgan fingerprint density at radius 2 is 2.33 bits per heavy atom. The summed E-state index contributed by atoms with van der Waals surface area (Å²) in [6.45, 7) is 6.06. The Hall–Kier alpha value is -3.08. The molecule has 0 radical (unpaired) electrons. The largest absolute Gasteiger partial charge is 0.503 e. The summed E-state index contributed by atoms with van der Waals surface area (Å²) in [6.07, 6.45) is 11.5. The summed E-state index contributed by atoms with van der Waals surface area (Å²) in [4.78, 5) is 19.0. The molecule has 0 bridgehead atoms. The van der Waals surface area contributed by atoms with Gasteiger partial charge in [-0.15, -0.1) is 0 Å². The van der Waals surface area contributed by atoms with Crippen LogP contribution < -0.4 is 5.43 Å². The molecular formula is C19H19N3O2. The maximum Gasteiger partial charge on any atom is 0.223 e. The molecule has 0 aliphatic heterocycles. The van der Waals surface area contributed by atoms with Gasteiger partial charge < -0.3 is 14.7 Å². The van der Waals surface area contributed by atoms with E-state index < -0.39 is 5.43 Å². The van der Waals surface area contributed by atoms with Crippen molar-refractivity contribution in [3.8, 4) is 5.75 Å². The Bertz CT molecular complexity index is 966.